The number of oxazole rings is 1. The van der Waals surface area contributed by atoms with Crippen molar-refractivity contribution < 1.29 is 18.7 Å². The van der Waals surface area contributed by atoms with Gasteiger partial charge < -0.3 is 19.4 Å². The van der Waals surface area contributed by atoms with Gasteiger partial charge >= 0.3 is 0 Å². The van der Waals surface area contributed by atoms with Crippen LogP contribution in [-0.4, -0.2) is 79.1 Å². The van der Waals surface area contributed by atoms with E-state index in [-0.39, 0.29) is 11.8 Å². The second-order valence-corrected chi connectivity index (χ2v) is 9.66. The van der Waals surface area contributed by atoms with Crippen molar-refractivity contribution in [1.82, 2.24) is 20.1 Å². The van der Waals surface area contributed by atoms with Gasteiger partial charge in [-0.05, 0) is 62.1 Å². The second kappa shape index (κ2) is 11.7. The van der Waals surface area contributed by atoms with Crippen molar-refractivity contribution >= 4 is 22.9 Å². The maximum Gasteiger partial charge on any atom is 0.253 e. The number of morpholine rings is 1. The van der Waals surface area contributed by atoms with E-state index >= 15 is 0 Å². The Labute approximate surface area is 211 Å². The molecule has 190 valence electrons. The molecule has 0 atom stereocenters. The van der Waals surface area contributed by atoms with Crippen LogP contribution < -0.4 is 5.32 Å². The van der Waals surface area contributed by atoms with Crippen molar-refractivity contribution in [1.29, 1.82) is 0 Å². The fourth-order valence-corrected chi connectivity index (χ4v) is 4.98. The lowest BCUT2D eigenvalue weighted by molar-refractivity contribution is -0.122. The molecule has 0 spiro atoms. The molecule has 2 saturated heterocycles. The van der Waals surface area contributed by atoms with Crippen LogP contribution in [0.4, 0.5) is 0 Å². The SMILES string of the molecule is O=C(CC1CCN(C(=O)c2ccc3oc(-c4ccccc4)nc3c2)CC1)NCCCN1CCOCC1. The molecule has 0 aliphatic carbocycles. The van der Waals surface area contributed by atoms with Crippen molar-refractivity contribution in [3.8, 4) is 11.5 Å². The summed E-state index contributed by atoms with van der Waals surface area (Å²) in [5, 5.41) is 3.07. The molecular formula is C28H34N4O4. The number of ether oxygens (including phenoxy) is 1. The third-order valence-electron chi connectivity index (χ3n) is 7.11. The van der Waals surface area contributed by atoms with Crippen molar-refractivity contribution in [2.75, 3.05) is 52.5 Å². The number of rotatable bonds is 8. The molecule has 0 radical (unpaired) electrons. The average molecular weight is 491 g/mol. The topological polar surface area (TPSA) is 87.9 Å². The standard InChI is InChI=1S/C28H34N4O4/c33-26(29-11-4-12-31-15-17-35-18-16-31)19-21-9-13-32(14-10-21)28(34)23-7-8-25-24(20-23)30-27(36-25)22-5-2-1-3-6-22/h1-3,5-8,20-21H,4,9-19H2,(H,29,33). The number of hydrogen-bond acceptors (Lipinski definition) is 6. The van der Waals surface area contributed by atoms with E-state index in [4.69, 9.17) is 9.15 Å². The van der Waals surface area contributed by atoms with Crippen molar-refractivity contribution in [2.45, 2.75) is 25.7 Å². The van der Waals surface area contributed by atoms with Crippen LogP contribution in [0, 0.1) is 5.92 Å². The van der Waals surface area contributed by atoms with E-state index in [2.05, 4.69) is 15.2 Å². The van der Waals surface area contributed by atoms with Gasteiger partial charge in [0.25, 0.3) is 5.91 Å². The molecule has 0 unspecified atom stereocenters. The highest BCUT2D eigenvalue weighted by molar-refractivity contribution is 5.97. The molecule has 2 amide bonds. The monoisotopic (exact) mass is 490 g/mol. The summed E-state index contributed by atoms with van der Waals surface area (Å²) in [6.45, 7) is 6.61. The van der Waals surface area contributed by atoms with E-state index < -0.39 is 0 Å². The number of hydrogen-bond donors (Lipinski definition) is 1. The van der Waals surface area contributed by atoms with E-state index in [0.717, 1.165) is 57.7 Å². The van der Waals surface area contributed by atoms with Crippen LogP contribution in [0.25, 0.3) is 22.6 Å². The summed E-state index contributed by atoms with van der Waals surface area (Å²) >= 11 is 0. The Morgan fingerprint density at radius 2 is 1.78 bits per heavy atom. The van der Waals surface area contributed by atoms with E-state index in [1.807, 2.05) is 47.4 Å². The maximum absolute atomic E-state index is 13.1. The van der Waals surface area contributed by atoms with E-state index in [0.29, 0.717) is 54.5 Å². The van der Waals surface area contributed by atoms with Crippen molar-refractivity contribution in [3.05, 3.63) is 54.1 Å². The smallest absolute Gasteiger partial charge is 0.253 e. The zero-order chi connectivity index (χ0) is 24.7. The van der Waals surface area contributed by atoms with Crippen LogP contribution in [0.15, 0.2) is 52.9 Å². The Bertz CT molecular complexity index is 1160. The van der Waals surface area contributed by atoms with Crippen LogP contribution in [0.2, 0.25) is 0 Å². The first kappa shape index (κ1) is 24.5. The van der Waals surface area contributed by atoms with Crippen molar-refractivity contribution in [3.63, 3.8) is 0 Å². The van der Waals surface area contributed by atoms with Gasteiger partial charge in [0.15, 0.2) is 5.58 Å². The molecule has 3 aromatic rings. The third kappa shape index (κ3) is 6.12. The number of carbonyl (C=O) groups is 2. The normalized spacial score (nSPS) is 17.4. The number of nitrogens with zero attached hydrogens (tertiary/aromatic N) is 3. The minimum Gasteiger partial charge on any atom is -0.436 e. The van der Waals surface area contributed by atoms with Gasteiger partial charge in [-0.15, -0.1) is 0 Å². The summed E-state index contributed by atoms with van der Waals surface area (Å²) in [6, 6.07) is 15.2. The Hall–Kier alpha value is -3.23. The predicted octanol–water partition coefficient (Wildman–Crippen LogP) is 3.58. The van der Waals surface area contributed by atoms with Crippen LogP contribution >= 0.6 is 0 Å². The lowest BCUT2D eigenvalue weighted by Gasteiger charge is -2.32. The summed E-state index contributed by atoms with van der Waals surface area (Å²) in [5.41, 5.74) is 2.87. The average Bonchev–Trinajstić information content (AvgIpc) is 3.36. The Balaban J connectivity index is 1.07. The minimum absolute atomic E-state index is 0.00664. The summed E-state index contributed by atoms with van der Waals surface area (Å²) in [4.78, 5) is 34.4. The van der Waals surface area contributed by atoms with Crippen LogP contribution in [0.1, 0.15) is 36.0 Å². The fraction of sp³-hybridized carbons (Fsp3) is 0.464. The third-order valence-corrected chi connectivity index (χ3v) is 7.11. The van der Waals surface area contributed by atoms with Gasteiger partial charge in [-0.3, -0.25) is 14.5 Å². The number of benzene rings is 2. The number of carbonyl (C=O) groups excluding carboxylic acids is 2. The van der Waals surface area contributed by atoms with E-state index in [1.54, 1.807) is 6.07 Å². The summed E-state index contributed by atoms with van der Waals surface area (Å²) in [6.07, 6.45) is 3.18. The van der Waals surface area contributed by atoms with Gasteiger partial charge in [-0.1, -0.05) is 18.2 Å². The molecule has 2 aliphatic rings. The molecule has 8 heteroatoms. The Kier molecular flexibility index (Phi) is 7.93. The van der Waals surface area contributed by atoms with E-state index in [9.17, 15) is 9.59 Å². The van der Waals surface area contributed by atoms with Gasteiger partial charge in [-0.25, -0.2) is 4.98 Å². The van der Waals surface area contributed by atoms with Gasteiger partial charge in [0.2, 0.25) is 11.8 Å². The van der Waals surface area contributed by atoms with Gasteiger partial charge in [0.1, 0.15) is 5.52 Å². The number of nitrogens with one attached hydrogen (secondary N) is 1. The first-order valence-corrected chi connectivity index (χ1v) is 13.0. The number of fused-ring (bicyclic) bond motifs is 1. The highest BCUT2D eigenvalue weighted by atomic mass is 16.5. The number of amides is 2. The molecule has 0 bridgehead atoms. The fourth-order valence-electron chi connectivity index (χ4n) is 4.98. The number of piperidine rings is 1. The largest absolute Gasteiger partial charge is 0.436 e. The zero-order valence-corrected chi connectivity index (χ0v) is 20.7. The van der Waals surface area contributed by atoms with Crippen molar-refractivity contribution in [2.24, 2.45) is 5.92 Å². The minimum atomic E-state index is 0.00664. The first-order chi connectivity index (χ1) is 17.7. The zero-order valence-electron chi connectivity index (χ0n) is 20.7. The van der Waals surface area contributed by atoms with Gasteiger partial charge in [-0.2, -0.15) is 0 Å². The Morgan fingerprint density at radius 3 is 2.56 bits per heavy atom. The highest BCUT2D eigenvalue weighted by Gasteiger charge is 2.25. The molecule has 8 nitrogen and oxygen atoms in total. The molecule has 2 aliphatic heterocycles. The predicted molar refractivity (Wildman–Crippen MR) is 138 cm³/mol. The van der Waals surface area contributed by atoms with Crippen LogP contribution in [-0.2, 0) is 9.53 Å². The maximum atomic E-state index is 13.1. The molecule has 1 N–H and O–H groups in total. The molecule has 5 rings (SSSR count). The molecule has 3 heterocycles. The number of aromatic nitrogens is 1. The first-order valence-electron chi connectivity index (χ1n) is 13.0. The lowest BCUT2D eigenvalue weighted by atomic mass is 9.93. The van der Waals surface area contributed by atoms with Crippen LogP contribution in [0.5, 0.6) is 0 Å². The molecule has 1 aromatic heterocycles. The highest BCUT2D eigenvalue weighted by Crippen LogP contribution is 2.26. The van der Waals surface area contributed by atoms with Gasteiger partial charge in [0.05, 0.1) is 13.2 Å². The molecule has 2 fully saturated rings. The van der Waals surface area contributed by atoms with Gasteiger partial charge in [0, 0.05) is 50.3 Å². The molecule has 2 aromatic carbocycles. The summed E-state index contributed by atoms with van der Waals surface area (Å²) < 4.78 is 11.2. The quantitative estimate of drug-likeness (QED) is 0.486. The summed E-state index contributed by atoms with van der Waals surface area (Å²) in [7, 11) is 0. The Morgan fingerprint density at radius 1 is 1.00 bits per heavy atom. The lowest BCUT2D eigenvalue weighted by Crippen LogP contribution is -2.40. The molecule has 36 heavy (non-hydrogen) atoms. The summed E-state index contributed by atoms with van der Waals surface area (Å²) in [5.74, 6) is 0.995. The second-order valence-electron chi connectivity index (χ2n) is 9.66. The number of likely N-dealkylation sites (tertiary alicyclic amines) is 1. The van der Waals surface area contributed by atoms with E-state index in [1.165, 1.54) is 0 Å². The molecular weight excluding hydrogens is 456 g/mol. The van der Waals surface area contributed by atoms with Crippen LogP contribution in [0.3, 0.4) is 0 Å². The molecule has 0 saturated carbocycles.